The SMILES string of the molecule is O=C1c2ccccc2C(O)=c2oc3cc(=O)oc4cccc(nc21)c43. The Bertz CT molecular complexity index is 1340. The van der Waals surface area contributed by atoms with E-state index in [-0.39, 0.29) is 28.2 Å². The Kier molecular flexibility index (Phi) is 2.57. The zero-order valence-electron chi connectivity index (χ0n) is 12.6. The normalized spacial score (nSPS) is 13.1. The summed E-state index contributed by atoms with van der Waals surface area (Å²) in [6.07, 6.45) is 0. The summed E-state index contributed by atoms with van der Waals surface area (Å²) in [5.41, 5.74) is 0.971. The predicted molar refractivity (Wildman–Crippen MR) is 89.1 cm³/mol. The summed E-state index contributed by atoms with van der Waals surface area (Å²) in [5.74, 6) is -0.546. The number of hydrogen-bond donors (Lipinski definition) is 1. The quantitative estimate of drug-likeness (QED) is 0.498. The first-order valence-electron chi connectivity index (χ1n) is 7.54. The molecule has 25 heavy (non-hydrogen) atoms. The van der Waals surface area contributed by atoms with Crippen molar-refractivity contribution >= 4 is 33.6 Å². The lowest BCUT2D eigenvalue weighted by molar-refractivity contribution is 0.102. The van der Waals surface area contributed by atoms with Gasteiger partial charge in [0.2, 0.25) is 5.78 Å². The third-order valence-corrected chi connectivity index (χ3v) is 4.23. The maximum atomic E-state index is 12.8. The summed E-state index contributed by atoms with van der Waals surface area (Å²) in [6.45, 7) is 0. The lowest BCUT2D eigenvalue weighted by atomic mass is 9.95. The second-order valence-corrected chi connectivity index (χ2v) is 5.69. The van der Waals surface area contributed by atoms with E-state index in [1.54, 1.807) is 42.5 Å². The fourth-order valence-corrected chi connectivity index (χ4v) is 3.12. The van der Waals surface area contributed by atoms with E-state index in [9.17, 15) is 14.7 Å². The monoisotopic (exact) mass is 331 g/mol. The van der Waals surface area contributed by atoms with Crippen LogP contribution in [0.4, 0.5) is 0 Å². The van der Waals surface area contributed by atoms with Crippen molar-refractivity contribution in [1.29, 1.82) is 0 Å². The van der Waals surface area contributed by atoms with Crippen LogP contribution in [0.5, 0.6) is 0 Å². The minimum absolute atomic E-state index is 0.00708. The average Bonchev–Trinajstić information content (AvgIpc) is 2.78. The van der Waals surface area contributed by atoms with Crippen LogP contribution in [-0.2, 0) is 0 Å². The Morgan fingerprint density at radius 3 is 2.52 bits per heavy atom. The van der Waals surface area contributed by atoms with Crippen molar-refractivity contribution in [2.24, 2.45) is 0 Å². The topological polar surface area (TPSA) is 93.5 Å². The van der Waals surface area contributed by atoms with E-state index in [2.05, 4.69) is 4.98 Å². The Labute approximate surface area is 139 Å². The molecule has 0 bridgehead atoms. The smallest absolute Gasteiger partial charge is 0.339 e. The summed E-state index contributed by atoms with van der Waals surface area (Å²) in [7, 11) is 0. The van der Waals surface area contributed by atoms with E-state index in [4.69, 9.17) is 8.83 Å². The summed E-state index contributed by atoms with van der Waals surface area (Å²) >= 11 is 0. The van der Waals surface area contributed by atoms with Gasteiger partial charge in [-0.1, -0.05) is 30.3 Å². The molecule has 6 heteroatoms. The first kappa shape index (κ1) is 13.7. The second kappa shape index (κ2) is 4.67. The number of carbonyl (C=O) groups is 1. The molecular weight excluding hydrogens is 322 g/mol. The van der Waals surface area contributed by atoms with E-state index >= 15 is 0 Å². The number of nitrogens with zero attached hydrogens (tertiary/aromatic N) is 1. The number of aromatic nitrogens is 1. The maximum Gasteiger partial charge on any atom is 0.339 e. The second-order valence-electron chi connectivity index (χ2n) is 5.69. The molecular formula is C19H9NO5. The van der Waals surface area contributed by atoms with E-state index in [1.807, 2.05) is 0 Å². The van der Waals surface area contributed by atoms with Crippen molar-refractivity contribution in [3.8, 4) is 0 Å². The number of aliphatic hydroxyl groups excluding tert-OH is 1. The van der Waals surface area contributed by atoms with Crippen molar-refractivity contribution in [3.05, 3.63) is 81.2 Å². The minimum Gasteiger partial charge on any atom is -0.504 e. The van der Waals surface area contributed by atoms with Crippen LogP contribution in [0.25, 0.3) is 27.8 Å². The van der Waals surface area contributed by atoms with Gasteiger partial charge in [-0.2, -0.15) is 0 Å². The van der Waals surface area contributed by atoms with Crippen LogP contribution in [0, 0.1) is 0 Å². The molecule has 0 radical (unpaired) electrons. The summed E-state index contributed by atoms with van der Waals surface area (Å²) in [6, 6.07) is 12.8. The average molecular weight is 331 g/mol. The van der Waals surface area contributed by atoms with Crippen LogP contribution in [0.2, 0.25) is 0 Å². The van der Waals surface area contributed by atoms with E-state index in [0.717, 1.165) is 0 Å². The van der Waals surface area contributed by atoms with Gasteiger partial charge in [0.1, 0.15) is 11.2 Å². The molecule has 2 heterocycles. The molecule has 5 rings (SSSR count). The van der Waals surface area contributed by atoms with E-state index < -0.39 is 5.63 Å². The molecule has 0 saturated heterocycles. The fraction of sp³-hybridized carbons (Fsp3) is 0. The molecule has 0 spiro atoms. The van der Waals surface area contributed by atoms with E-state index in [0.29, 0.717) is 27.6 Å². The Morgan fingerprint density at radius 1 is 0.880 bits per heavy atom. The van der Waals surface area contributed by atoms with Gasteiger partial charge in [-0.15, -0.1) is 0 Å². The van der Waals surface area contributed by atoms with Crippen molar-refractivity contribution in [3.63, 3.8) is 0 Å². The predicted octanol–water partition coefficient (Wildman–Crippen LogP) is 2.47. The van der Waals surface area contributed by atoms with Crippen molar-refractivity contribution < 1.29 is 18.7 Å². The Balaban J connectivity index is 2.10. The molecule has 1 N–H and O–H groups in total. The highest BCUT2D eigenvalue weighted by Gasteiger charge is 2.27. The number of hydrogen-bond acceptors (Lipinski definition) is 6. The number of rotatable bonds is 0. The molecule has 0 atom stereocenters. The highest BCUT2D eigenvalue weighted by atomic mass is 16.4. The highest BCUT2D eigenvalue weighted by molar-refractivity contribution is 6.13. The molecule has 0 aliphatic heterocycles. The molecule has 1 aliphatic rings. The largest absolute Gasteiger partial charge is 0.504 e. The van der Waals surface area contributed by atoms with Gasteiger partial charge in [-0.3, -0.25) is 4.79 Å². The van der Waals surface area contributed by atoms with Crippen LogP contribution in [0.1, 0.15) is 21.6 Å². The molecule has 0 saturated carbocycles. The first-order valence-corrected chi connectivity index (χ1v) is 7.54. The molecule has 2 aromatic heterocycles. The first-order chi connectivity index (χ1) is 12.1. The molecule has 2 aromatic carbocycles. The standard InChI is InChI=1S/C19H9NO5/c21-14-8-13-15-11(6-3-7-12(15)24-14)20-16-17(22)9-4-1-2-5-10(9)18(23)19(16)25-13/h1-8,23H. The number of ketones is 1. The number of benzene rings is 2. The summed E-state index contributed by atoms with van der Waals surface area (Å²) in [4.78, 5) is 29.0. The summed E-state index contributed by atoms with van der Waals surface area (Å²) in [5, 5.41) is 11.1. The third kappa shape index (κ3) is 1.82. The van der Waals surface area contributed by atoms with Gasteiger partial charge >= 0.3 is 5.63 Å². The van der Waals surface area contributed by atoms with Crippen LogP contribution in [0.3, 0.4) is 0 Å². The van der Waals surface area contributed by atoms with Gasteiger partial charge in [-0.05, 0) is 12.1 Å². The minimum atomic E-state index is -0.592. The zero-order valence-corrected chi connectivity index (χ0v) is 12.6. The molecule has 4 aromatic rings. The molecule has 0 amide bonds. The molecule has 0 unspecified atom stereocenters. The zero-order chi connectivity index (χ0) is 17.1. The Hall–Kier alpha value is -3.67. The van der Waals surface area contributed by atoms with Crippen molar-refractivity contribution in [2.75, 3.05) is 0 Å². The van der Waals surface area contributed by atoms with Crippen LogP contribution < -0.4 is 11.0 Å². The molecule has 1 aliphatic carbocycles. The molecule has 6 nitrogen and oxygen atoms in total. The van der Waals surface area contributed by atoms with E-state index in [1.165, 1.54) is 6.07 Å². The van der Waals surface area contributed by atoms with Crippen LogP contribution in [-0.4, -0.2) is 15.9 Å². The van der Waals surface area contributed by atoms with Gasteiger partial charge in [-0.25, -0.2) is 9.78 Å². The van der Waals surface area contributed by atoms with Gasteiger partial charge < -0.3 is 13.9 Å². The maximum absolute atomic E-state index is 12.8. The van der Waals surface area contributed by atoms with Gasteiger partial charge in [0, 0.05) is 11.1 Å². The lowest BCUT2D eigenvalue weighted by Crippen LogP contribution is -2.25. The fourth-order valence-electron chi connectivity index (χ4n) is 3.12. The highest BCUT2D eigenvalue weighted by Crippen LogP contribution is 2.26. The Morgan fingerprint density at radius 2 is 1.68 bits per heavy atom. The number of aliphatic hydroxyl groups is 1. The van der Waals surface area contributed by atoms with Crippen LogP contribution in [0.15, 0.2) is 62.2 Å². The van der Waals surface area contributed by atoms with Gasteiger partial charge in [0.05, 0.1) is 17.0 Å². The van der Waals surface area contributed by atoms with Gasteiger partial charge in [0.25, 0.3) is 0 Å². The molecule has 0 fully saturated rings. The van der Waals surface area contributed by atoms with Crippen LogP contribution >= 0.6 is 0 Å². The van der Waals surface area contributed by atoms with Crippen molar-refractivity contribution in [2.45, 2.75) is 0 Å². The molecule has 120 valence electrons. The number of carbonyl (C=O) groups excluding carboxylic acids is 1. The lowest BCUT2D eigenvalue weighted by Gasteiger charge is -2.11. The van der Waals surface area contributed by atoms with Crippen molar-refractivity contribution in [1.82, 2.24) is 4.98 Å². The van der Waals surface area contributed by atoms with Gasteiger partial charge in [0.15, 0.2) is 16.9 Å². The number of fused-ring (bicyclic) bond motifs is 2. The third-order valence-electron chi connectivity index (χ3n) is 4.23. The summed E-state index contributed by atoms with van der Waals surface area (Å²) < 4.78 is 10.9.